The molecule has 2 nitrogen and oxygen atoms in total. The maximum Gasteiger partial charge on any atom is 0.161 e. The summed E-state index contributed by atoms with van der Waals surface area (Å²) in [6.45, 7) is 2.07. The van der Waals surface area contributed by atoms with Crippen LogP contribution in [-0.4, -0.2) is 9.97 Å². The fraction of sp³-hybridized carbons (Fsp3) is 0.125. The minimum absolute atomic E-state index is 0.105. The quantitative estimate of drug-likeness (QED) is 0.636. The van der Waals surface area contributed by atoms with Crippen LogP contribution in [0, 0.1) is 11.6 Å². The monoisotopic (exact) mass is 304 g/mol. The third kappa shape index (κ3) is 2.59. The van der Waals surface area contributed by atoms with E-state index in [4.69, 9.17) is 11.6 Å². The van der Waals surface area contributed by atoms with Gasteiger partial charge in [0.25, 0.3) is 0 Å². The highest BCUT2D eigenvalue weighted by atomic mass is 35.5. The van der Waals surface area contributed by atoms with Crippen LogP contribution in [0.25, 0.3) is 22.3 Å². The van der Waals surface area contributed by atoms with E-state index in [0.717, 1.165) is 24.1 Å². The number of aromatic nitrogens is 2. The summed E-state index contributed by atoms with van der Waals surface area (Å²) in [6, 6.07) is 9.76. The largest absolute Gasteiger partial charge is 0.228 e. The Morgan fingerprint density at radius 2 is 1.67 bits per heavy atom. The van der Waals surface area contributed by atoms with E-state index in [0.29, 0.717) is 11.2 Å². The molecule has 0 saturated carbocycles. The van der Waals surface area contributed by atoms with Crippen molar-refractivity contribution < 1.29 is 8.78 Å². The smallest absolute Gasteiger partial charge is 0.161 e. The normalized spacial score (nSPS) is 11.0. The zero-order valence-electron chi connectivity index (χ0n) is 11.2. The molecule has 0 unspecified atom stereocenters. The van der Waals surface area contributed by atoms with E-state index in [9.17, 15) is 8.78 Å². The van der Waals surface area contributed by atoms with Crippen molar-refractivity contribution in [3.05, 3.63) is 58.7 Å². The lowest BCUT2D eigenvalue weighted by molar-refractivity contribution is 0.510. The van der Waals surface area contributed by atoms with Gasteiger partial charge in [-0.2, -0.15) is 0 Å². The summed E-state index contributed by atoms with van der Waals surface area (Å²) in [5.74, 6) is -1.53. The average molecular weight is 305 g/mol. The molecule has 0 aliphatic rings. The van der Waals surface area contributed by atoms with Crippen LogP contribution >= 0.6 is 11.6 Å². The number of nitrogens with zero attached hydrogens (tertiary/aromatic N) is 2. The van der Waals surface area contributed by atoms with Crippen molar-refractivity contribution >= 4 is 22.5 Å². The molecule has 106 valence electrons. The number of aryl methyl sites for hydroxylation is 1. The van der Waals surface area contributed by atoms with Crippen LogP contribution in [0.1, 0.15) is 12.5 Å². The Balaban J connectivity index is 2.17. The van der Waals surface area contributed by atoms with E-state index in [-0.39, 0.29) is 10.7 Å². The van der Waals surface area contributed by atoms with Crippen LogP contribution in [0.4, 0.5) is 8.78 Å². The average Bonchev–Trinajstić information content (AvgIpc) is 2.49. The second-order valence-electron chi connectivity index (χ2n) is 4.67. The Morgan fingerprint density at radius 3 is 2.33 bits per heavy atom. The Morgan fingerprint density at radius 1 is 1.00 bits per heavy atom. The fourth-order valence-corrected chi connectivity index (χ4v) is 2.34. The Hall–Kier alpha value is -2.07. The molecule has 0 atom stereocenters. The van der Waals surface area contributed by atoms with Gasteiger partial charge in [-0.1, -0.05) is 42.8 Å². The molecule has 3 rings (SSSR count). The van der Waals surface area contributed by atoms with E-state index in [1.807, 2.05) is 24.3 Å². The highest BCUT2D eigenvalue weighted by Crippen LogP contribution is 2.26. The van der Waals surface area contributed by atoms with Crippen molar-refractivity contribution in [2.75, 3.05) is 0 Å². The van der Waals surface area contributed by atoms with Crippen molar-refractivity contribution in [2.24, 2.45) is 0 Å². The zero-order valence-corrected chi connectivity index (χ0v) is 12.0. The van der Waals surface area contributed by atoms with E-state index < -0.39 is 11.6 Å². The Bertz CT molecular complexity index is 817. The Labute approximate surface area is 125 Å². The van der Waals surface area contributed by atoms with Gasteiger partial charge in [-0.15, -0.1) is 0 Å². The highest BCUT2D eigenvalue weighted by Gasteiger charge is 2.12. The predicted molar refractivity (Wildman–Crippen MR) is 79.3 cm³/mol. The summed E-state index contributed by atoms with van der Waals surface area (Å²) >= 11 is 6.05. The Kier molecular flexibility index (Phi) is 3.55. The van der Waals surface area contributed by atoms with Gasteiger partial charge >= 0.3 is 0 Å². The molecule has 3 aromatic rings. The van der Waals surface area contributed by atoms with E-state index in [1.165, 1.54) is 5.56 Å². The molecule has 0 saturated heterocycles. The SMILES string of the molecule is CCc1ccc(-c2nc(Cl)c3cc(F)c(F)cc3n2)cc1. The lowest BCUT2D eigenvalue weighted by Gasteiger charge is -2.06. The summed E-state index contributed by atoms with van der Waals surface area (Å²) in [4.78, 5) is 8.42. The standard InChI is InChI=1S/C16H11ClF2N2/c1-2-9-3-5-10(6-4-9)16-20-14-8-13(19)12(18)7-11(14)15(17)21-16/h3-8H,2H2,1H3. The molecule has 0 amide bonds. The van der Waals surface area contributed by atoms with Crippen LogP contribution in [0.2, 0.25) is 5.15 Å². The molecule has 1 heterocycles. The van der Waals surface area contributed by atoms with Gasteiger partial charge in [0.15, 0.2) is 17.5 Å². The minimum Gasteiger partial charge on any atom is -0.228 e. The molecular weight excluding hydrogens is 294 g/mol. The van der Waals surface area contributed by atoms with Crippen LogP contribution in [-0.2, 0) is 6.42 Å². The number of halogens is 3. The van der Waals surface area contributed by atoms with Crippen molar-refractivity contribution in [3.8, 4) is 11.4 Å². The topological polar surface area (TPSA) is 25.8 Å². The van der Waals surface area contributed by atoms with Crippen LogP contribution in [0.5, 0.6) is 0 Å². The minimum atomic E-state index is -0.965. The van der Waals surface area contributed by atoms with E-state index in [1.54, 1.807) is 0 Å². The first-order valence-electron chi connectivity index (χ1n) is 6.50. The maximum absolute atomic E-state index is 13.3. The van der Waals surface area contributed by atoms with Gasteiger partial charge in [-0.3, -0.25) is 0 Å². The van der Waals surface area contributed by atoms with Crippen molar-refractivity contribution in [1.82, 2.24) is 9.97 Å². The number of hydrogen-bond acceptors (Lipinski definition) is 2. The van der Waals surface area contributed by atoms with E-state index in [2.05, 4.69) is 16.9 Å². The number of fused-ring (bicyclic) bond motifs is 1. The fourth-order valence-electron chi connectivity index (χ4n) is 2.10. The molecule has 0 bridgehead atoms. The van der Waals surface area contributed by atoms with Crippen molar-refractivity contribution in [2.45, 2.75) is 13.3 Å². The van der Waals surface area contributed by atoms with Gasteiger partial charge in [0.05, 0.1) is 5.52 Å². The van der Waals surface area contributed by atoms with Crippen LogP contribution in [0.15, 0.2) is 36.4 Å². The zero-order chi connectivity index (χ0) is 15.0. The number of hydrogen-bond donors (Lipinski definition) is 0. The van der Waals surface area contributed by atoms with E-state index >= 15 is 0 Å². The summed E-state index contributed by atoms with van der Waals surface area (Å²) in [7, 11) is 0. The lowest BCUT2D eigenvalue weighted by Crippen LogP contribution is -1.94. The molecule has 5 heteroatoms. The summed E-state index contributed by atoms with van der Waals surface area (Å²) in [6.07, 6.45) is 0.935. The van der Waals surface area contributed by atoms with Gasteiger partial charge in [-0.25, -0.2) is 18.7 Å². The van der Waals surface area contributed by atoms with Crippen molar-refractivity contribution in [1.29, 1.82) is 0 Å². The molecule has 2 aromatic carbocycles. The van der Waals surface area contributed by atoms with Gasteiger partial charge in [0, 0.05) is 17.0 Å². The lowest BCUT2D eigenvalue weighted by atomic mass is 10.1. The van der Waals surface area contributed by atoms with Gasteiger partial charge in [0.2, 0.25) is 0 Å². The molecule has 0 aliphatic carbocycles. The first kappa shape index (κ1) is 13.9. The van der Waals surface area contributed by atoms with Gasteiger partial charge in [0.1, 0.15) is 5.15 Å². The highest BCUT2D eigenvalue weighted by molar-refractivity contribution is 6.34. The molecule has 21 heavy (non-hydrogen) atoms. The summed E-state index contributed by atoms with van der Waals surface area (Å²) < 4.78 is 26.6. The predicted octanol–water partition coefficient (Wildman–Crippen LogP) is 4.79. The van der Waals surface area contributed by atoms with Crippen LogP contribution in [0.3, 0.4) is 0 Å². The third-order valence-corrected chi connectivity index (χ3v) is 3.60. The first-order valence-corrected chi connectivity index (χ1v) is 6.88. The van der Waals surface area contributed by atoms with Crippen molar-refractivity contribution in [3.63, 3.8) is 0 Å². The molecular formula is C16H11ClF2N2. The summed E-state index contributed by atoms with van der Waals surface area (Å²) in [5.41, 5.74) is 2.25. The number of rotatable bonds is 2. The third-order valence-electron chi connectivity index (χ3n) is 3.31. The molecule has 0 spiro atoms. The van der Waals surface area contributed by atoms with Gasteiger partial charge < -0.3 is 0 Å². The summed E-state index contributed by atoms with van der Waals surface area (Å²) in [5, 5.41) is 0.401. The van der Waals surface area contributed by atoms with Crippen LogP contribution < -0.4 is 0 Å². The number of benzene rings is 2. The van der Waals surface area contributed by atoms with Gasteiger partial charge in [-0.05, 0) is 18.1 Å². The molecule has 0 fully saturated rings. The molecule has 0 aliphatic heterocycles. The second-order valence-corrected chi connectivity index (χ2v) is 5.03. The maximum atomic E-state index is 13.3. The molecule has 0 radical (unpaired) electrons. The molecule has 1 aromatic heterocycles. The second kappa shape index (κ2) is 5.37. The first-order chi connectivity index (χ1) is 10.1. The molecule has 0 N–H and O–H groups in total.